The van der Waals surface area contributed by atoms with Crippen LogP contribution in [0.25, 0.3) is 11.3 Å². The van der Waals surface area contributed by atoms with Crippen molar-refractivity contribution in [1.29, 1.82) is 0 Å². The number of halogens is 4. The van der Waals surface area contributed by atoms with Gasteiger partial charge in [0, 0.05) is 18.2 Å². The van der Waals surface area contributed by atoms with Crippen molar-refractivity contribution in [3.63, 3.8) is 0 Å². The van der Waals surface area contributed by atoms with Crippen LogP contribution in [0.2, 0.25) is 0 Å². The molecule has 0 spiro atoms. The number of carbonyl (C=O) groups excluding carboxylic acids is 1. The van der Waals surface area contributed by atoms with E-state index in [1.165, 1.54) is 30.3 Å². The van der Waals surface area contributed by atoms with Gasteiger partial charge in [-0.25, -0.2) is 27.5 Å². The highest BCUT2D eigenvalue weighted by Gasteiger charge is 2.27. The van der Waals surface area contributed by atoms with Crippen LogP contribution < -0.4 is 4.90 Å². The summed E-state index contributed by atoms with van der Waals surface area (Å²) in [7, 11) is 1.44. The van der Waals surface area contributed by atoms with Crippen LogP contribution in [0, 0.1) is 36.1 Å². The summed E-state index contributed by atoms with van der Waals surface area (Å²) < 4.78 is 55.6. The lowest BCUT2D eigenvalue weighted by atomic mass is 10.0. The van der Waals surface area contributed by atoms with E-state index in [4.69, 9.17) is 4.98 Å². The van der Waals surface area contributed by atoms with Crippen LogP contribution in [0.5, 0.6) is 5.75 Å². The van der Waals surface area contributed by atoms with Gasteiger partial charge in [-0.05, 0) is 49.1 Å². The van der Waals surface area contributed by atoms with Crippen LogP contribution in [0.4, 0.5) is 23.4 Å². The van der Waals surface area contributed by atoms with Gasteiger partial charge in [-0.2, -0.15) is 0 Å². The second-order valence-electron chi connectivity index (χ2n) is 8.92. The molecular formula is C30H37F4N3O2. The molecule has 5 nitrogen and oxygen atoms in total. The van der Waals surface area contributed by atoms with E-state index in [9.17, 15) is 27.5 Å². The summed E-state index contributed by atoms with van der Waals surface area (Å²) in [6, 6.07) is 6.48. The van der Waals surface area contributed by atoms with E-state index in [1.807, 2.05) is 27.7 Å². The molecular weight excluding hydrogens is 510 g/mol. The number of anilines is 1. The molecule has 1 heterocycles. The predicted octanol–water partition coefficient (Wildman–Crippen LogP) is 7.70. The third kappa shape index (κ3) is 7.34. The monoisotopic (exact) mass is 547 g/mol. The fraction of sp³-hybridized carbons (Fsp3) is 0.433. The van der Waals surface area contributed by atoms with Gasteiger partial charge in [0.05, 0.1) is 24.0 Å². The zero-order chi connectivity index (χ0) is 29.3. The summed E-state index contributed by atoms with van der Waals surface area (Å²) in [5.41, 5.74) is 0.880. The van der Waals surface area contributed by atoms with Crippen LogP contribution in [-0.4, -0.2) is 28.0 Å². The molecule has 0 unspecified atom stereocenters. The second kappa shape index (κ2) is 14.6. The van der Waals surface area contributed by atoms with Crippen molar-refractivity contribution < 1.29 is 27.5 Å². The molecule has 0 atom stereocenters. The Labute approximate surface area is 227 Å². The number of amides is 1. The minimum atomic E-state index is -1.95. The van der Waals surface area contributed by atoms with Crippen molar-refractivity contribution >= 4 is 11.7 Å². The topological polar surface area (TPSA) is 66.3 Å². The van der Waals surface area contributed by atoms with Crippen molar-refractivity contribution in [2.45, 2.75) is 73.1 Å². The van der Waals surface area contributed by atoms with Gasteiger partial charge < -0.3 is 5.11 Å². The number of hydrogen-bond donors (Lipinski definition) is 1. The minimum absolute atomic E-state index is 0.117. The summed E-state index contributed by atoms with van der Waals surface area (Å²) in [5, 5.41) is 9.56. The van der Waals surface area contributed by atoms with E-state index >= 15 is 0 Å². The van der Waals surface area contributed by atoms with Crippen LogP contribution in [-0.2, 0) is 17.6 Å². The Morgan fingerprint density at radius 3 is 2.10 bits per heavy atom. The van der Waals surface area contributed by atoms with Crippen molar-refractivity contribution in [1.82, 2.24) is 9.97 Å². The number of carbonyl (C=O) groups is 1. The summed E-state index contributed by atoms with van der Waals surface area (Å²) in [5.74, 6) is -6.86. The first-order valence-electron chi connectivity index (χ1n) is 13.4. The summed E-state index contributed by atoms with van der Waals surface area (Å²) in [4.78, 5) is 23.4. The highest BCUT2D eigenvalue weighted by atomic mass is 19.2. The Kier molecular flexibility index (Phi) is 11.9. The second-order valence-corrected chi connectivity index (χ2v) is 8.92. The lowest BCUT2D eigenvalue weighted by molar-refractivity contribution is -0.117. The molecule has 0 saturated heterocycles. The summed E-state index contributed by atoms with van der Waals surface area (Å²) in [6.45, 7) is 9.10. The molecule has 3 aromatic rings. The number of rotatable bonds is 6. The van der Waals surface area contributed by atoms with E-state index in [0.717, 1.165) is 38.2 Å². The first-order valence-corrected chi connectivity index (χ1v) is 13.4. The zero-order valence-corrected chi connectivity index (χ0v) is 23.4. The van der Waals surface area contributed by atoms with Crippen LogP contribution in [0.3, 0.4) is 0 Å². The number of phenolic OH excluding ortho intramolecular Hbond substituents is 1. The molecule has 2 aromatic carbocycles. The van der Waals surface area contributed by atoms with Gasteiger partial charge in [-0.3, -0.25) is 9.69 Å². The molecule has 1 fully saturated rings. The Morgan fingerprint density at radius 2 is 1.51 bits per heavy atom. The fourth-order valence-electron chi connectivity index (χ4n) is 4.48. The van der Waals surface area contributed by atoms with E-state index in [0.29, 0.717) is 23.7 Å². The molecule has 9 heteroatoms. The number of phenols is 1. The fourth-order valence-corrected chi connectivity index (χ4v) is 4.48. The number of aromatic hydroxyl groups is 1. The molecule has 0 bridgehead atoms. The maximum absolute atomic E-state index is 14.4. The molecule has 1 aromatic heterocycles. The smallest absolute Gasteiger partial charge is 0.232 e. The van der Waals surface area contributed by atoms with Gasteiger partial charge in [0.25, 0.3) is 0 Å². The van der Waals surface area contributed by atoms with Gasteiger partial charge in [-0.1, -0.05) is 53.4 Å². The van der Waals surface area contributed by atoms with Gasteiger partial charge in [0.15, 0.2) is 29.1 Å². The van der Waals surface area contributed by atoms with Crippen LogP contribution >= 0.6 is 0 Å². The normalized spacial score (nSPS) is 12.8. The van der Waals surface area contributed by atoms with Crippen molar-refractivity contribution in [3.8, 4) is 17.0 Å². The molecule has 0 radical (unpaired) electrons. The predicted molar refractivity (Wildman–Crippen MR) is 146 cm³/mol. The highest BCUT2D eigenvalue weighted by Crippen LogP contribution is 2.32. The third-order valence-electron chi connectivity index (χ3n) is 6.59. The van der Waals surface area contributed by atoms with Gasteiger partial charge in [0.1, 0.15) is 5.75 Å². The average Bonchev–Trinajstić information content (AvgIpc) is 3.48. The average molecular weight is 548 g/mol. The van der Waals surface area contributed by atoms with E-state index in [-0.39, 0.29) is 11.6 Å². The number of hydrogen-bond acceptors (Lipinski definition) is 4. The number of likely N-dealkylation sites (N-methyl/N-ethyl adjacent to an activating group) is 1. The molecule has 39 heavy (non-hydrogen) atoms. The lowest BCUT2D eigenvalue weighted by Gasteiger charge is -2.22. The largest absolute Gasteiger partial charge is 0.508 e. The van der Waals surface area contributed by atoms with E-state index in [2.05, 4.69) is 4.98 Å². The minimum Gasteiger partial charge on any atom is -0.508 e. The van der Waals surface area contributed by atoms with Gasteiger partial charge in [0.2, 0.25) is 5.91 Å². The number of benzene rings is 2. The lowest BCUT2D eigenvalue weighted by Crippen LogP contribution is -2.31. The molecule has 212 valence electrons. The van der Waals surface area contributed by atoms with Gasteiger partial charge in [-0.15, -0.1) is 0 Å². The standard InChI is InChI=1S/C26H25F4N3O2.2C2H6/c1-14-18(23(28)25(30)24(29)22(14)27)12-21(35)33(2)26-19(11-15-5-3-4-6-15)32-20(13-31-26)16-7-9-17(34)10-8-16;2*1-2/h7-10,13,15,34H,3-6,11-12H2,1-2H3;2*1-2H3. The molecule has 1 N–H and O–H groups in total. The van der Waals surface area contributed by atoms with Crippen LogP contribution in [0.1, 0.15) is 70.2 Å². The summed E-state index contributed by atoms with van der Waals surface area (Å²) >= 11 is 0. The Hall–Kier alpha value is -3.49. The SMILES string of the molecule is CC.CC.Cc1c(F)c(F)c(F)c(F)c1CC(=O)N(C)c1ncc(-c2ccc(O)cc2)nc1CC1CCCC1. The van der Waals surface area contributed by atoms with Crippen molar-refractivity contribution in [3.05, 3.63) is 70.6 Å². The molecule has 1 aliphatic rings. The van der Waals surface area contributed by atoms with Crippen molar-refractivity contribution in [2.24, 2.45) is 5.92 Å². The molecule has 1 saturated carbocycles. The highest BCUT2D eigenvalue weighted by molar-refractivity contribution is 5.94. The van der Waals surface area contributed by atoms with E-state index < -0.39 is 46.7 Å². The summed E-state index contributed by atoms with van der Waals surface area (Å²) in [6.07, 6.45) is 5.68. The quantitative estimate of drug-likeness (QED) is 0.195. The molecule has 4 rings (SSSR count). The zero-order valence-electron chi connectivity index (χ0n) is 23.4. The Balaban J connectivity index is 0.00000127. The first kappa shape index (κ1) is 31.7. The maximum Gasteiger partial charge on any atom is 0.232 e. The van der Waals surface area contributed by atoms with Crippen LogP contribution in [0.15, 0.2) is 30.5 Å². The number of nitrogens with zero attached hydrogens (tertiary/aromatic N) is 3. The third-order valence-corrected chi connectivity index (χ3v) is 6.59. The Morgan fingerprint density at radius 1 is 0.949 bits per heavy atom. The van der Waals surface area contributed by atoms with Gasteiger partial charge >= 0.3 is 0 Å². The van der Waals surface area contributed by atoms with E-state index in [1.54, 1.807) is 12.1 Å². The maximum atomic E-state index is 14.4. The van der Waals surface area contributed by atoms with Crippen molar-refractivity contribution in [2.75, 3.05) is 11.9 Å². The molecule has 1 aliphatic carbocycles. The molecule has 1 amide bonds. The number of aromatic nitrogens is 2. The molecule has 0 aliphatic heterocycles. The first-order chi connectivity index (χ1) is 18.7. The Bertz CT molecular complexity index is 1230.